The number of nitrogens with zero attached hydrogens (tertiary/aromatic N) is 1. The molecule has 3 heteroatoms. The average molecular weight is 281 g/mol. The number of likely N-dealkylation sites (tertiary alicyclic amines) is 1. The summed E-state index contributed by atoms with van der Waals surface area (Å²) in [6, 6.07) is 6.24. The van der Waals surface area contributed by atoms with Crippen LogP contribution in [0.4, 0.5) is 0 Å². The van der Waals surface area contributed by atoms with Gasteiger partial charge in [-0.3, -0.25) is 0 Å². The molecule has 106 valence electrons. The molecule has 1 aromatic rings. The van der Waals surface area contributed by atoms with Crippen molar-refractivity contribution in [1.82, 2.24) is 10.2 Å². The van der Waals surface area contributed by atoms with Crippen molar-refractivity contribution in [2.24, 2.45) is 0 Å². The van der Waals surface area contributed by atoms with Gasteiger partial charge in [-0.05, 0) is 63.5 Å². The molecule has 2 rings (SSSR count). The number of hydrogen-bond acceptors (Lipinski definition) is 2. The van der Waals surface area contributed by atoms with E-state index in [1.807, 2.05) is 0 Å². The van der Waals surface area contributed by atoms with E-state index in [0.29, 0.717) is 0 Å². The molecule has 0 unspecified atom stereocenters. The van der Waals surface area contributed by atoms with Crippen LogP contribution in [0.1, 0.15) is 36.8 Å². The van der Waals surface area contributed by atoms with Crippen LogP contribution in [0.25, 0.3) is 0 Å². The fourth-order valence-corrected chi connectivity index (χ4v) is 2.87. The summed E-state index contributed by atoms with van der Waals surface area (Å²) in [5, 5.41) is 4.41. The van der Waals surface area contributed by atoms with E-state index in [-0.39, 0.29) is 0 Å². The fourth-order valence-electron chi connectivity index (χ4n) is 2.68. The average Bonchev–Trinajstić information content (AvgIpc) is 2.44. The first-order valence-electron chi connectivity index (χ1n) is 7.44. The van der Waals surface area contributed by atoms with Crippen LogP contribution in [0.15, 0.2) is 18.2 Å². The van der Waals surface area contributed by atoms with Gasteiger partial charge in [0.05, 0.1) is 0 Å². The molecule has 1 N–H and O–H groups in total. The van der Waals surface area contributed by atoms with Crippen LogP contribution in [0.3, 0.4) is 0 Å². The Morgan fingerprint density at radius 3 is 2.79 bits per heavy atom. The minimum Gasteiger partial charge on any atom is -0.313 e. The molecule has 0 radical (unpaired) electrons. The Bertz CT molecular complexity index is 386. The van der Waals surface area contributed by atoms with E-state index in [0.717, 1.165) is 23.7 Å². The number of hydrogen-bond donors (Lipinski definition) is 1. The maximum atomic E-state index is 6.28. The van der Waals surface area contributed by atoms with Crippen molar-refractivity contribution in [1.29, 1.82) is 0 Å². The summed E-state index contributed by atoms with van der Waals surface area (Å²) in [6.45, 7) is 7.82. The van der Waals surface area contributed by atoms with Gasteiger partial charge >= 0.3 is 0 Å². The molecular formula is C16H25ClN2. The molecule has 19 heavy (non-hydrogen) atoms. The monoisotopic (exact) mass is 280 g/mol. The normalized spacial score (nSPS) is 16.7. The molecule has 1 aromatic carbocycles. The van der Waals surface area contributed by atoms with Crippen molar-refractivity contribution >= 4 is 11.6 Å². The Hall–Kier alpha value is -0.570. The zero-order valence-electron chi connectivity index (χ0n) is 11.9. The van der Waals surface area contributed by atoms with Gasteiger partial charge in [0.15, 0.2) is 0 Å². The lowest BCUT2D eigenvalue weighted by molar-refractivity contribution is 0.225. The minimum atomic E-state index is 0.876. The van der Waals surface area contributed by atoms with Gasteiger partial charge in [0.25, 0.3) is 0 Å². The van der Waals surface area contributed by atoms with Crippen molar-refractivity contribution in [2.75, 3.05) is 26.2 Å². The summed E-state index contributed by atoms with van der Waals surface area (Å²) in [5.41, 5.74) is 2.37. The summed E-state index contributed by atoms with van der Waals surface area (Å²) in [4.78, 5) is 2.59. The predicted molar refractivity (Wildman–Crippen MR) is 82.8 cm³/mol. The topological polar surface area (TPSA) is 15.3 Å². The number of benzene rings is 1. The molecule has 0 atom stereocenters. The fraction of sp³-hybridized carbons (Fsp3) is 0.625. The number of halogens is 1. The van der Waals surface area contributed by atoms with Gasteiger partial charge in [-0.2, -0.15) is 0 Å². The van der Waals surface area contributed by atoms with Crippen LogP contribution in [0.5, 0.6) is 0 Å². The highest BCUT2D eigenvalue weighted by Crippen LogP contribution is 2.19. The van der Waals surface area contributed by atoms with E-state index in [2.05, 4.69) is 35.3 Å². The minimum absolute atomic E-state index is 0.876. The third-order valence-corrected chi connectivity index (χ3v) is 4.40. The molecule has 0 aromatic heterocycles. The van der Waals surface area contributed by atoms with Gasteiger partial charge in [-0.15, -0.1) is 0 Å². The zero-order valence-corrected chi connectivity index (χ0v) is 12.7. The number of nitrogens with one attached hydrogen (secondary N) is 1. The highest BCUT2D eigenvalue weighted by atomic mass is 35.5. The van der Waals surface area contributed by atoms with Crippen molar-refractivity contribution in [3.63, 3.8) is 0 Å². The van der Waals surface area contributed by atoms with Gasteiger partial charge < -0.3 is 10.2 Å². The van der Waals surface area contributed by atoms with E-state index in [4.69, 9.17) is 11.6 Å². The molecule has 1 fully saturated rings. The Morgan fingerprint density at radius 2 is 2.00 bits per heavy atom. The second-order valence-electron chi connectivity index (χ2n) is 5.48. The molecule has 0 spiro atoms. The molecule has 0 amide bonds. The number of aryl methyl sites for hydroxylation is 1. The number of piperidine rings is 1. The molecule has 1 aliphatic rings. The lowest BCUT2D eigenvalue weighted by Gasteiger charge is -2.26. The first-order chi connectivity index (χ1) is 9.27. The Balaban J connectivity index is 1.62. The lowest BCUT2D eigenvalue weighted by atomic mass is 10.1. The Morgan fingerprint density at radius 1 is 1.21 bits per heavy atom. The van der Waals surface area contributed by atoms with Crippen molar-refractivity contribution < 1.29 is 0 Å². The number of rotatable bonds is 6. The second kappa shape index (κ2) is 7.88. The van der Waals surface area contributed by atoms with E-state index in [9.17, 15) is 0 Å². The van der Waals surface area contributed by atoms with Crippen LogP contribution < -0.4 is 5.32 Å². The zero-order chi connectivity index (χ0) is 13.5. The van der Waals surface area contributed by atoms with Gasteiger partial charge in [0, 0.05) is 11.6 Å². The predicted octanol–water partition coefficient (Wildman–Crippen LogP) is 3.61. The Kier molecular flexibility index (Phi) is 6.15. The molecule has 0 saturated carbocycles. The summed E-state index contributed by atoms with van der Waals surface area (Å²) in [7, 11) is 0. The standard InChI is InChI=1S/C16H25ClN2/c1-14-7-5-8-15(16(14)17)13-18-9-6-12-19-10-3-2-4-11-19/h5,7-8,18H,2-4,6,9-13H2,1H3. The van der Waals surface area contributed by atoms with Crippen LogP contribution in [-0.4, -0.2) is 31.1 Å². The van der Waals surface area contributed by atoms with Crippen molar-refractivity contribution in [3.8, 4) is 0 Å². The van der Waals surface area contributed by atoms with Gasteiger partial charge in [-0.1, -0.05) is 36.2 Å². The van der Waals surface area contributed by atoms with Gasteiger partial charge in [0.1, 0.15) is 0 Å². The van der Waals surface area contributed by atoms with Crippen molar-refractivity contribution in [3.05, 3.63) is 34.3 Å². The van der Waals surface area contributed by atoms with E-state index in [1.165, 1.54) is 50.9 Å². The maximum Gasteiger partial charge on any atom is 0.0480 e. The third-order valence-electron chi connectivity index (χ3n) is 3.86. The largest absolute Gasteiger partial charge is 0.313 e. The molecule has 0 aliphatic carbocycles. The third kappa shape index (κ3) is 4.79. The quantitative estimate of drug-likeness (QED) is 0.801. The second-order valence-corrected chi connectivity index (χ2v) is 5.86. The first kappa shape index (κ1) is 14.8. The first-order valence-corrected chi connectivity index (χ1v) is 7.82. The Labute approximate surface area is 122 Å². The van der Waals surface area contributed by atoms with Crippen molar-refractivity contribution in [2.45, 2.75) is 39.2 Å². The highest BCUT2D eigenvalue weighted by molar-refractivity contribution is 6.32. The van der Waals surface area contributed by atoms with E-state index < -0.39 is 0 Å². The maximum absolute atomic E-state index is 6.28. The van der Waals surface area contributed by atoms with Crippen LogP contribution in [0.2, 0.25) is 5.02 Å². The summed E-state index contributed by atoms with van der Waals surface area (Å²) in [5.74, 6) is 0. The highest BCUT2D eigenvalue weighted by Gasteiger charge is 2.08. The van der Waals surface area contributed by atoms with Crippen LogP contribution in [-0.2, 0) is 6.54 Å². The molecule has 1 aliphatic heterocycles. The molecule has 1 saturated heterocycles. The van der Waals surface area contributed by atoms with E-state index >= 15 is 0 Å². The van der Waals surface area contributed by atoms with Gasteiger partial charge in [0.2, 0.25) is 0 Å². The van der Waals surface area contributed by atoms with Crippen LogP contribution >= 0.6 is 11.6 Å². The molecule has 0 bridgehead atoms. The molecule has 1 heterocycles. The molecular weight excluding hydrogens is 256 g/mol. The summed E-state index contributed by atoms with van der Waals surface area (Å²) < 4.78 is 0. The smallest absolute Gasteiger partial charge is 0.0480 e. The summed E-state index contributed by atoms with van der Waals surface area (Å²) >= 11 is 6.28. The van der Waals surface area contributed by atoms with Gasteiger partial charge in [-0.25, -0.2) is 0 Å². The molecule has 2 nitrogen and oxygen atoms in total. The van der Waals surface area contributed by atoms with Crippen LogP contribution in [0, 0.1) is 6.92 Å². The van der Waals surface area contributed by atoms with E-state index in [1.54, 1.807) is 0 Å². The SMILES string of the molecule is Cc1cccc(CNCCCN2CCCCC2)c1Cl. The lowest BCUT2D eigenvalue weighted by Crippen LogP contribution is -2.32. The summed E-state index contributed by atoms with van der Waals surface area (Å²) in [6.07, 6.45) is 5.41.